The molecule has 0 bridgehead atoms. The maximum atomic E-state index is 12.7. The lowest BCUT2D eigenvalue weighted by Crippen LogP contribution is -2.47. The van der Waals surface area contributed by atoms with Crippen molar-refractivity contribution in [3.05, 3.63) is 24.3 Å². The van der Waals surface area contributed by atoms with E-state index in [-0.39, 0.29) is 12.7 Å². The summed E-state index contributed by atoms with van der Waals surface area (Å²) < 4.78 is 29.5. The van der Waals surface area contributed by atoms with E-state index < -0.39 is 13.4 Å². The second kappa shape index (κ2) is 20.7. The molecule has 0 aromatic heterocycles. The van der Waals surface area contributed by atoms with Gasteiger partial charge in [-0.05, 0) is 57.8 Å². The molecule has 0 rings (SSSR count). The Morgan fingerprint density at radius 2 is 1.38 bits per heavy atom. The summed E-state index contributed by atoms with van der Waals surface area (Å²) in [5.74, 6) is -0.558. The molecule has 0 spiro atoms. The molecule has 0 N–H and O–H groups in total. The highest BCUT2D eigenvalue weighted by molar-refractivity contribution is 7.51. The van der Waals surface area contributed by atoms with E-state index in [0.717, 1.165) is 25.7 Å². The highest BCUT2D eigenvalue weighted by atomic mass is 31.2. The average molecular weight is 504 g/mol. The van der Waals surface area contributed by atoms with Gasteiger partial charge in [0.1, 0.15) is 6.10 Å². The van der Waals surface area contributed by atoms with Crippen molar-refractivity contribution in [1.29, 1.82) is 0 Å². The van der Waals surface area contributed by atoms with Crippen molar-refractivity contribution >= 4 is 7.60 Å². The van der Waals surface area contributed by atoms with E-state index in [0.29, 0.717) is 24.1 Å². The summed E-state index contributed by atoms with van der Waals surface area (Å²) in [5, 5.41) is 0. The van der Waals surface area contributed by atoms with Crippen LogP contribution in [0.2, 0.25) is 0 Å². The lowest BCUT2D eigenvalue weighted by atomic mass is 10.1. The maximum absolute atomic E-state index is 12.7. The van der Waals surface area contributed by atoms with Gasteiger partial charge in [0, 0.05) is 20.1 Å². The number of hydrogen-bond acceptors (Lipinski definition) is 5. The Hall–Kier alpha value is -0.490. The minimum absolute atomic E-state index is 0.00266. The molecule has 34 heavy (non-hydrogen) atoms. The predicted molar refractivity (Wildman–Crippen MR) is 142 cm³/mol. The Labute approximate surface area is 210 Å². The Morgan fingerprint density at radius 3 is 1.88 bits per heavy atom. The van der Waals surface area contributed by atoms with Crippen LogP contribution in [-0.2, 0) is 18.6 Å². The second-order valence-corrected chi connectivity index (χ2v) is 12.0. The zero-order valence-corrected chi connectivity index (χ0v) is 23.9. The van der Waals surface area contributed by atoms with Gasteiger partial charge in [-0.15, -0.1) is 0 Å². The van der Waals surface area contributed by atoms with Crippen LogP contribution in [0, 0.1) is 0 Å². The van der Waals surface area contributed by atoms with Crippen molar-refractivity contribution < 1.29 is 27.9 Å². The molecule has 0 aromatic rings. The van der Waals surface area contributed by atoms with Crippen molar-refractivity contribution in [1.82, 2.24) is 0 Å². The summed E-state index contributed by atoms with van der Waals surface area (Å²) in [4.78, 5) is 12.7. The Bertz CT molecular complexity index is 574. The fourth-order valence-electron chi connectivity index (χ4n) is 3.71. The standard InChI is InChI=1S/C27H54NO5P/c1-7-9-10-11-12-13-14-15-16-17-18-19-20-21-23-32-24-26(31-6)25-33-34(29,30)27(22-8-2)28(3,4)5/h10-11,16-17,26-27H,7-9,12-15,18-25H2,1-6H3/b11-10-,17-16-/t26-,27?/m1/s1. The molecule has 0 radical (unpaired) electrons. The maximum Gasteiger partial charge on any atom is 0.193 e. The van der Waals surface area contributed by atoms with E-state index in [1.807, 2.05) is 28.1 Å². The number of nitrogens with zero attached hydrogens (tertiary/aromatic N) is 1. The van der Waals surface area contributed by atoms with Gasteiger partial charge in [-0.1, -0.05) is 51.0 Å². The van der Waals surface area contributed by atoms with Gasteiger partial charge >= 0.3 is 0 Å². The molecule has 0 aliphatic carbocycles. The molecule has 0 saturated heterocycles. The minimum atomic E-state index is -4.01. The molecule has 202 valence electrons. The number of quaternary nitrogens is 1. The van der Waals surface area contributed by atoms with E-state index >= 15 is 0 Å². The zero-order chi connectivity index (χ0) is 25.7. The summed E-state index contributed by atoms with van der Waals surface area (Å²) in [7, 11) is 3.21. The molecular weight excluding hydrogens is 449 g/mol. The lowest BCUT2D eigenvalue weighted by Gasteiger charge is -2.41. The highest BCUT2D eigenvalue weighted by Gasteiger charge is 2.35. The molecule has 0 amide bonds. The van der Waals surface area contributed by atoms with Gasteiger partial charge in [-0.25, -0.2) is 0 Å². The van der Waals surface area contributed by atoms with Crippen LogP contribution in [-0.4, -0.2) is 64.4 Å². The first-order valence-corrected chi connectivity index (χ1v) is 15.0. The summed E-state index contributed by atoms with van der Waals surface area (Å²) in [6.45, 7) is 5.19. The van der Waals surface area contributed by atoms with E-state index in [4.69, 9.17) is 14.0 Å². The van der Waals surface area contributed by atoms with E-state index in [1.54, 1.807) is 7.11 Å². The second-order valence-electron chi connectivity index (χ2n) is 10.0. The average Bonchev–Trinajstić information content (AvgIpc) is 2.78. The largest absolute Gasteiger partial charge is 0.774 e. The molecule has 0 aliphatic heterocycles. The van der Waals surface area contributed by atoms with Crippen LogP contribution >= 0.6 is 7.60 Å². The normalized spacial score (nSPS) is 16.3. The Kier molecular flexibility index (Phi) is 20.4. The monoisotopic (exact) mass is 503 g/mol. The topological polar surface area (TPSA) is 67.8 Å². The first-order chi connectivity index (χ1) is 16.2. The first kappa shape index (κ1) is 33.5. The molecule has 7 heteroatoms. The van der Waals surface area contributed by atoms with Gasteiger partial charge in [0.15, 0.2) is 13.4 Å². The SMILES string of the molecule is CCC/C=C\CCCC/C=C\CCCCCOC[C@H](COP(=O)([O-])C(CCC)[N+](C)(C)C)OC. The van der Waals surface area contributed by atoms with Gasteiger partial charge in [-0.2, -0.15) is 0 Å². The molecular formula is C27H54NO5P. The summed E-state index contributed by atoms with van der Waals surface area (Å²) in [6.07, 6.45) is 22.0. The molecule has 0 aromatic carbocycles. The molecule has 2 unspecified atom stereocenters. The summed E-state index contributed by atoms with van der Waals surface area (Å²) >= 11 is 0. The third kappa shape index (κ3) is 17.9. The molecule has 0 aliphatic rings. The van der Waals surface area contributed by atoms with Gasteiger partial charge < -0.3 is 27.9 Å². The van der Waals surface area contributed by atoms with Gasteiger partial charge in [0.25, 0.3) is 0 Å². The van der Waals surface area contributed by atoms with Crippen LogP contribution in [0.15, 0.2) is 24.3 Å². The van der Waals surface area contributed by atoms with Crippen molar-refractivity contribution in [2.24, 2.45) is 0 Å². The van der Waals surface area contributed by atoms with Crippen molar-refractivity contribution in [2.45, 2.75) is 103 Å². The highest BCUT2D eigenvalue weighted by Crippen LogP contribution is 2.48. The number of hydrogen-bond donors (Lipinski definition) is 0. The Morgan fingerprint density at radius 1 is 0.824 bits per heavy atom. The van der Waals surface area contributed by atoms with Crippen molar-refractivity contribution in [3.8, 4) is 0 Å². The molecule has 3 atom stereocenters. The van der Waals surface area contributed by atoms with Gasteiger partial charge in [0.05, 0.1) is 34.4 Å². The number of ether oxygens (including phenoxy) is 2. The molecule has 0 saturated carbocycles. The third-order valence-corrected chi connectivity index (χ3v) is 8.01. The fourth-order valence-corrected chi connectivity index (χ4v) is 5.67. The van der Waals surface area contributed by atoms with Crippen LogP contribution in [0.4, 0.5) is 0 Å². The van der Waals surface area contributed by atoms with Crippen molar-refractivity contribution in [2.75, 3.05) is 48.1 Å². The minimum Gasteiger partial charge on any atom is -0.774 e. The van der Waals surface area contributed by atoms with Crippen molar-refractivity contribution in [3.63, 3.8) is 0 Å². The van der Waals surface area contributed by atoms with Crippen LogP contribution in [0.3, 0.4) is 0 Å². The zero-order valence-electron chi connectivity index (χ0n) is 23.0. The number of unbranched alkanes of at least 4 members (excludes halogenated alkanes) is 7. The van der Waals surface area contributed by atoms with Crippen LogP contribution in [0.1, 0.15) is 90.9 Å². The van der Waals surface area contributed by atoms with Gasteiger partial charge in [0.2, 0.25) is 0 Å². The molecule has 0 heterocycles. The predicted octanol–water partition coefficient (Wildman–Crippen LogP) is 6.45. The van der Waals surface area contributed by atoms with E-state index in [2.05, 4.69) is 31.2 Å². The van der Waals surface area contributed by atoms with E-state index in [9.17, 15) is 9.46 Å². The van der Waals surface area contributed by atoms with Gasteiger partial charge in [-0.3, -0.25) is 0 Å². The number of methoxy groups -OCH3 is 1. The quantitative estimate of drug-likeness (QED) is 0.0693. The van der Waals surface area contributed by atoms with Crippen LogP contribution in [0.5, 0.6) is 0 Å². The fraction of sp³-hybridized carbons (Fsp3) is 0.852. The first-order valence-electron chi connectivity index (χ1n) is 13.4. The summed E-state index contributed by atoms with van der Waals surface area (Å²) in [5.41, 5.74) is 0. The molecule has 6 nitrogen and oxygen atoms in total. The number of allylic oxidation sites excluding steroid dienone is 4. The smallest absolute Gasteiger partial charge is 0.193 e. The summed E-state index contributed by atoms with van der Waals surface area (Å²) in [6, 6.07) is 0. The van der Waals surface area contributed by atoms with Crippen LogP contribution in [0.25, 0.3) is 0 Å². The molecule has 0 fully saturated rings. The van der Waals surface area contributed by atoms with E-state index in [1.165, 1.54) is 44.9 Å². The Balaban J connectivity index is 3.88. The lowest BCUT2D eigenvalue weighted by molar-refractivity contribution is -0.884. The number of rotatable bonds is 23. The third-order valence-electron chi connectivity index (χ3n) is 5.82. The van der Waals surface area contributed by atoms with Crippen LogP contribution < -0.4 is 4.89 Å².